The van der Waals surface area contributed by atoms with Crippen molar-refractivity contribution in [2.45, 2.75) is 25.7 Å². The summed E-state index contributed by atoms with van der Waals surface area (Å²) in [6.07, 6.45) is 4.48. The van der Waals surface area contributed by atoms with Crippen LogP contribution in [-0.2, 0) is 16.0 Å². The largest absolute Gasteiger partial charge is 0.354 e. The van der Waals surface area contributed by atoms with E-state index >= 15 is 0 Å². The fourth-order valence-corrected chi connectivity index (χ4v) is 2.72. The summed E-state index contributed by atoms with van der Waals surface area (Å²) in [6, 6.07) is 10.4. The molecule has 0 heterocycles. The number of rotatable bonds is 7. The van der Waals surface area contributed by atoms with Crippen LogP contribution in [0.15, 0.2) is 30.3 Å². The maximum atomic E-state index is 11.7. The number of carbonyl (C=O) groups is 2. The van der Waals surface area contributed by atoms with Crippen LogP contribution in [0.5, 0.6) is 0 Å². The Labute approximate surface area is 137 Å². The minimum atomic E-state index is -0.312. The number of amides is 2. The zero-order valence-electron chi connectivity index (χ0n) is 12.6. The first-order chi connectivity index (χ1) is 10.1. The molecule has 122 valence electrons. The highest BCUT2D eigenvalue weighted by molar-refractivity contribution is 5.85. The molecule has 1 saturated carbocycles. The zero-order chi connectivity index (χ0) is 15.1. The Morgan fingerprint density at radius 1 is 1.09 bits per heavy atom. The fraction of sp³-hybridized carbons (Fsp3) is 0.500. The molecule has 5 nitrogen and oxygen atoms in total. The van der Waals surface area contributed by atoms with Crippen LogP contribution in [0.1, 0.15) is 24.8 Å². The van der Waals surface area contributed by atoms with Gasteiger partial charge in [0.15, 0.2) is 0 Å². The minimum absolute atomic E-state index is 0. The Bertz CT molecular complexity index is 489. The molecular formula is C16H24ClN3O2. The molecule has 0 spiro atoms. The van der Waals surface area contributed by atoms with Gasteiger partial charge in [-0.15, -0.1) is 12.4 Å². The van der Waals surface area contributed by atoms with Crippen molar-refractivity contribution in [2.75, 3.05) is 19.6 Å². The summed E-state index contributed by atoms with van der Waals surface area (Å²) >= 11 is 0. The van der Waals surface area contributed by atoms with Crippen molar-refractivity contribution in [1.29, 1.82) is 0 Å². The van der Waals surface area contributed by atoms with Gasteiger partial charge in [0.2, 0.25) is 11.8 Å². The monoisotopic (exact) mass is 325 g/mol. The molecule has 22 heavy (non-hydrogen) atoms. The predicted octanol–water partition coefficient (Wildman–Crippen LogP) is 1.01. The van der Waals surface area contributed by atoms with Crippen LogP contribution in [-0.4, -0.2) is 31.4 Å². The standard InChI is InChI=1S/C16H23N3O2.ClH/c17-10-14(20)18-11-15(21)19-12-16(7-4-8-16)9-13-5-2-1-3-6-13;/h1-3,5-6H,4,7-12,17H2,(H,18,20)(H,19,21);1H. The summed E-state index contributed by atoms with van der Waals surface area (Å²) in [6.45, 7) is 0.571. The highest BCUT2D eigenvalue weighted by atomic mass is 35.5. The van der Waals surface area contributed by atoms with E-state index in [1.165, 1.54) is 12.0 Å². The average Bonchev–Trinajstić information content (AvgIpc) is 2.48. The summed E-state index contributed by atoms with van der Waals surface area (Å²) in [4.78, 5) is 22.7. The molecule has 0 radical (unpaired) electrons. The summed E-state index contributed by atoms with van der Waals surface area (Å²) in [5, 5.41) is 5.41. The van der Waals surface area contributed by atoms with Gasteiger partial charge in [-0.25, -0.2) is 0 Å². The first-order valence-corrected chi connectivity index (χ1v) is 7.41. The molecule has 1 aromatic rings. The molecular weight excluding hydrogens is 302 g/mol. The molecule has 0 bridgehead atoms. The Morgan fingerprint density at radius 3 is 2.32 bits per heavy atom. The fourth-order valence-electron chi connectivity index (χ4n) is 2.72. The number of carbonyl (C=O) groups excluding carboxylic acids is 2. The quantitative estimate of drug-likeness (QED) is 0.699. The van der Waals surface area contributed by atoms with Gasteiger partial charge < -0.3 is 16.4 Å². The average molecular weight is 326 g/mol. The van der Waals surface area contributed by atoms with Gasteiger partial charge in [-0.2, -0.15) is 0 Å². The van der Waals surface area contributed by atoms with Crippen molar-refractivity contribution >= 4 is 24.2 Å². The molecule has 1 aliphatic rings. The van der Waals surface area contributed by atoms with Gasteiger partial charge >= 0.3 is 0 Å². The number of hydrogen-bond donors (Lipinski definition) is 3. The van der Waals surface area contributed by atoms with Gasteiger partial charge in [-0.3, -0.25) is 9.59 Å². The lowest BCUT2D eigenvalue weighted by Gasteiger charge is -2.42. The highest BCUT2D eigenvalue weighted by Crippen LogP contribution is 2.43. The lowest BCUT2D eigenvalue weighted by molar-refractivity contribution is -0.125. The number of hydrogen-bond acceptors (Lipinski definition) is 3. The first kappa shape index (κ1) is 18.5. The second-order valence-electron chi connectivity index (χ2n) is 5.77. The van der Waals surface area contributed by atoms with E-state index in [0.717, 1.165) is 19.3 Å². The zero-order valence-corrected chi connectivity index (χ0v) is 13.5. The van der Waals surface area contributed by atoms with Crippen molar-refractivity contribution < 1.29 is 9.59 Å². The van der Waals surface area contributed by atoms with E-state index in [4.69, 9.17) is 5.73 Å². The summed E-state index contributed by atoms with van der Waals surface area (Å²) in [5.74, 6) is -0.469. The summed E-state index contributed by atoms with van der Waals surface area (Å²) in [5.41, 5.74) is 6.66. The third kappa shape index (κ3) is 5.31. The number of nitrogens with two attached hydrogens (primary N) is 1. The Hall–Kier alpha value is -1.59. The number of benzene rings is 1. The topological polar surface area (TPSA) is 84.2 Å². The Morgan fingerprint density at radius 2 is 1.77 bits per heavy atom. The van der Waals surface area contributed by atoms with E-state index < -0.39 is 0 Å². The lowest BCUT2D eigenvalue weighted by atomic mass is 9.65. The van der Waals surface area contributed by atoms with E-state index in [9.17, 15) is 9.59 Å². The molecule has 0 atom stereocenters. The molecule has 2 amide bonds. The van der Waals surface area contributed by atoms with Crippen molar-refractivity contribution in [3.8, 4) is 0 Å². The number of nitrogens with one attached hydrogen (secondary N) is 2. The van der Waals surface area contributed by atoms with E-state index in [0.29, 0.717) is 6.54 Å². The first-order valence-electron chi connectivity index (χ1n) is 7.41. The maximum absolute atomic E-state index is 11.7. The molecule has 6 heteroatoms. The van der Waals surface area contributed by atoms with Crippen LogP contribution in [0.3, 0.4) is 0 Å². The van der Waals surface area contributed by atoms with Crippen LogP contribution >= 0.6 is 12.4 Å². The van der Waals surface area contributed by atoms with Crippen molar-refractivity contribution in [2.24, 2.45) is 11.1 Å². The van der Waals surface area contributed by atoms with Crippen molar-refractivity contribution in [1.82, 2.24) is 10.6 Å². The van der Waals surface area contributed by atoms with Gasteiger partial charge in [0.05, 0.1) is 13.1 Å². The van der Waals surface area contributed by atoms with E-state index in [-0.39, 0.29) is 42.7 Å². The van der Waals surface area contributed by atoms with Crippen molar-refractivity contribution in [3.05, 3.63) is 35.9 Å². The van der Waals surface area contributed by atoms with Crippen LogP contribution in [0.2, 0.25) is 0 Å². The Balaban J connectivity index is 0.00000242. The molecule has 2 rings (SSSR count). The van der Waals surface area contributed by atoms with Gasteiger partial charge in [-0.1, -0.05) is 36.8 Å². The third-order valence-corrected chi connectivity index (χ3v) is 4.13. The molecule has 4 N–H and O–H groups in total. The summed E-state index contributed by atoms with van der Waals surface area (Å²) < 4.78 is 0. The van der Waals surface area contributed by atoms with Crippen LogP contribution in [0, 0.1) is 5.41 Å². The molecule has 0 unspecified atom stereocenters. The molecule has 1 fully saturated rings. The second-order valence-corrected chi connectivity index (χ2v) is 5.77. The second kappa shape index (κ2) is 8.76. The van der Waals surface area contributed by atoms with Crippen LogP contribution in [0.25, 0.3) is 0 Å². The van der Waals surface area contributed by atoms with E-state index in [1.54, 1.807) is 0 Å². The van der Waals surface area contributed by atoms with Gasteiger partial charge in [0, 0.05) is 6.54 Å². The summed E-state index contributed by atoms with van der Waals surface area (Å²) in [7, 11) is 0. The lowest BCUT2D eigenvalue weighted by Crippen LogP contribution is -2.46. The molecule has 1 aromatic carbocycles. The number of halogens is 1. The third-order valence-electron chi connectivity index (χ3n) is 4.13. The molecule has 0 saturated heterocycles. The minimum Gasteiger partial charge on any atom is -0.354 e. The Kier molecular flexibility index (Phi) is 7.35. The van der Waals surface area contributed by atoms with Crippen LogP contribution < -0.4 is 16.4 Å². The van der Waals surface area contributed by atoms with Gasteiger partial charge in [-0.05, 0) is 30.2 Å². The predicted molar refractivity (Wildman–Crippen MR) is 88.8 cm³/mol. The van der Waals surface area contributed by atoms with E-state index in [2.05, 4.69) is 22.8 Å². The van der Waals surface area contributed by atoms with Crippen LogP contribution in [0.4, 0.5) is 0 Å². The normalized spacial score (nSPS) is 15.1. The smallest absolute Gasteiger partial charge is 0.239 e. The SMILES string of the molecule is Cl.NCC(=O)NCC(=O)NCC1(Cc2ccccc2)CCC1. The molecule has 1 aliphatic carbocycles. The molecule has 0 aromatic heterocycles. The van der Waals surface area contributed by atoms with E-state index in [1.807, 2.05) is 18.2 Å². The molecule has 0 aliphatic heterocycles. The van der Waals surface area contributed by atoms with Crippen molar-refractivity contribution in [3.63, 3.8) is 0 Å². The van der Waals surface area contributed by atoms with Gasteiger partial charge in [0.25, 0.3) is 0 Å². The van der Waals surface area contributed by atoms with Gasteiger partial charge in [0.1, 0.15) is 0 Å². The maximum Gasteiger partial charge on any atom is 0.239 e. The highest BCUT2D eigenvalue weighted by Gasteiger charge is 2.37.